The van der Waals surface area contributed by atoms with Crippen LogP contribution < -0.4 is 20.1 Å². The van der Waals surface area contributed by atoms with E-state index in [0.717, 1.165) is 5.56 Å². The molecule has 7 heteroatoms. The molecular weight excluding hydrogens is 394 g/mol. The predicted molar refractivity (Wildman–Crippen MR) is 118 cm³/mol. The minimum Gasteiger partial charge on any atom is -0.494 e. The van der Waals surface area contributed by atoms with E-state index in [4.69, 9.17) is 9.47 Å². The van der Waals surface area contributed by atoms with Crippen LogP contribution in [0.25, 0.3) is 0 Å². The van der Waals surface area contributed by atoms with Crippen molar-refractivity contribution >= 4 is 17.5 Å². The molecule has 0 saturated carbocycles. The number of rotatable bonds is 8. The van der Waals surface area contributed by atoms with Crippen molar-refractivity contribution in [2.45, 2.75) is 19.9 Å². The lowest BCUT2D eigenvalue weighted by Gasteiger charge is -2.19. The number of anilines is 1. The summed E-state index contributed by atoms with van der Waals surface area (Å²) in [5.74, 6) is -0.580. The molecule has 1 atom stereocenters. The lowest BCUT2D eigenvalue weighted by molar-refractivity contribution is -0.136. The van der Waals surface area contributed by atoms with Gasteiger partial charge in [-0.05, 0) is 43.7 Å². The Morgan fingerprint density at radius 1 is 0.903 bits per heavy atom. The molecule has 0 fully saturated rings. The summed E-state index contributed by atoms with van der Waals surface area (Å²) in [4.78, 5) is 29.8. The molecule has 3 aromatic rings. The Morgan fingerprint density at radius 3 is 2.32 bits per heavy atom. The summed E-state index contributed by atoms with van der Waals surface area (Å²) < 4.78 is 11.0. The normalized spacial score (nSPS) is 11.3. The molecule has 1 heterocycles. The number of amides is 2. The van der Waals surface area contributed by atoms with Gasteiger partial charge in [0, 0.05) is 12.3 Å². The van der Waals surface area contributed by atoms with Crippen molar-refractivity contribution in [1.29, 1.82) is 0 Å². The molecule has 1 aromatic heterocycles. The van der Waals surface area contributed by atoms with E-state index in [1.54, 1.807) is 36.5 Å². The van der Waals surface area contributed by atoms with Crippen LogP contribution in [-0.4, -0.2) is 30.0 Å². The van der Waals surface area contributed by atoms with E-state index in [1.165, 1.54) is 0 Å². The van der Waals surface area contributed by atoms with Crippen molar-refractivity contribution in [3.63, 3.8) is 0 Å². The summed E-state index contributed by atoms with van der Waals surface area (Å²) >= 11 is 0. The quantitative estimate of drug-likeness (QED) is 0.543. The van der Waals surface area contributed by atoms with Crippen LogP contribution in [0.3, 0.4) is 0 Å². The third kappa shape index (κ3) is 5.82. The molecule has 3 rings (SSSR count). The number of aromatic nitrogens is 1. The van der Waals surface area contributed by atoms with Crippen LogP contribution in [0.1, 0.15) is 31.1 Å². The van der Waals surface area contributed by atoms with Gasteiger partial charge in [-0.2, -0.15) is 0 Å². The van der Waals surface area contributed by atoms with Gasteiger partial charge in [-0.1, -0.05) is 36.4 Å². The second-order valence-electron chi connectivity index (χ2n) is 6.55. The molecule has 0 saturated heterocycles. The maximum Gasteiger partial charge on any atom is 0.313 e. The number of hydrogen-bond donors (Lipinski definition) is 2. The van der Waals surface area contributed by atoms with Crippen LogP contribution >= 0.6 is 0 Å². The van der Waals surface area contributed by atoms with Crippen molar-refractivity contribution in [2.24, 2.45) is 0 Å². The summed E-state index contributed by atoms with van der Waals surface area (Å²) in [6, 6.07) is 19.3. The Balaban J connectivity index is 1.80. The van der Waals surface area contributed by atoms with E-state index in [1.807, 2.05) is 50.2 Å². The van der Waals surface area contributed by atoms with Gasteiger partial charge in [-0.3, -0.25) is 14.6 Å². The van der Waals surface area contributed by atoms with Gasteiger partial charge in [0.1, 0.15) is 11.5 Å². The maximum absolute atomic E-state index is 12.8. The van der Waals surface area contributed by atoms with Gasteiger partial charge in [-0.25, -0.2) is 0 Å². The van der Waals surface area contributed by atoms with Crippen LogP contribution in [0.2, 0.25) is 0 Å². The number of hydrogen-bond acceptors (Lipinski definition) is 5. The first kappa shape index (κ1) is 21.8. The summed E-state index contributed by atoms with van der Waals surface area (Å²) in [6.07, 6.45) is 1.64. The summed E-state index contributed by atoms with van der Waals surface area (Å²) in [5.41, 5.74) is 1.81. The van der Waals surface area contributed by atoms with E-state index < -0.39 is 17.9 Å². The molecule has 0 aliphatic carbocycles. The Morgan fingerprint density at radius 2 is 1.65 bits per heavy atom. The molecule has 160 valence electrons. The summed E-state index contributed by atoms with van der Waals surface area (Å²) in [6.45, 7) is 4.60. The lowest BCUT2D eigenvalue weighted by atomic mass is 10.0. The number of carbonyl (C=O) groups excluding carboxylic acids is 2. The van der Waals surface area contributed by atoms with E-state index in [9.17, 15) is 9.59 Å². The molecule has 0 radical (unpaired) electrons. The highest BCUT2D eigenvalue weighted by Gasteiger charge is 2.23. The van der Waals surface area contributed by atoms with Gasteiger partial charge >= 0.3 is 11.8 Å². The maximum atomic E-state index is 12.8. The number of nitrogens with zero attached hydrogens (tertiary/aromatic N) is 1. The minimum atomic E-state index is -0.813. The van der Waals surface area contributed by atoms with Crippen LogP contribution in [0.15, 0.2) is 72.9 Å². The average molecular weight is 419 g/mol. The topological polar surface area (TPSA) is 89.5 Å². The van der Waals surface area contributed by atoms with E-state index in [-0.39, 0.29) is 0 Å². The molecule has 31 heavy (non-hydrogen) atoms. The van der Waals surface area contributed by atoms with Crippen LogP contribution in [0.5, 0.6) is 11.5 Å². The zero-order valence-electron chi connectivity index (χ0n) is 17.5. The number of carbonyl (C=O) groups is 2. The lowest BCUT2D eigenvalue weighted by Crippen LogP contribution is -2.38. The molecule has 2 N–H and O–H groups in total. The van der Waals surface area contributed by atoms with Crippen LogP contribution in [-0.2, 0) is 9.59 Å². The van der Waals surface area contributed by atoms with Crippen molar-refractivity contribution in [3.05, 3.63) is 84.2 Å². The molecule has 1 unspecified atom stereocenters. The highest BCUT2D eigenvalue weighted by Crippen LogP contribution is 2.29. The Hall–Kier alpha value is -3.87. The van der Waals surface area contributed by atoms with E-state index >= 15 is 0 Å². The average Bonchev–Trinajstić information content (AvgIpc) is 2.80. The molecule has 0 spiro atoms. The SMILES string of the molecule is CCOc1ccc(OCC)c(NC(=O)C(=O)NC(c2ccccc2)c2ccccn2)c1. The van der Waals surface area contributed by atoms with Crippen molar-refractivity contribution in [3.8, 4) is 11.5 Å². The summed E-state index contributed by atoms with van der Waals surface area (Å²) in [5, 5.41) is 5.40. The molecule has 0 aliphatic rings. The van der Waals surface area contributed by atoms with E-state index in [2.05, 4.69) is 15.6 Å². The van der Waals surface area contributed by atoms with Gasteiger partial charge in [0.05, 0.1) is 30.6 Å². The molecular formula is C24H25N3O4. The number of benzene rings is 2. The summed E-state index contributed by atoms with van der Waals surface area (Å²) in [7, 11) is 0. The fourth-order valence-corrected chi connectivity index (χ4v) is 3.04. The van der Waals surface area contributed by atoms with Gasteiger partial charge in [0.15, 0.2) is 0 Å². The van der Waals surface area contributed by atoms with Crippen molar-refractivity contribution < 1.29 is 19.1 Å². The second-order valence-corrected chi connectivity index (χ2v) is 6.55. The smallest absolute Gasteiger partial charge is 0.313 e. The molecule has 2 amide bonds. The van der Waals surface area contributed by atoms with E-state index in [0.29, 0.717) is 36.1 Å². The fourth-order valence-electron chi connectivity index (χ4n) is 3.04. The first-order chi connectivity index (χ1) is 15.1. The van der Waals surface area contributed by atoms with Gasteiger partial charge in [0.2, 0.25) is 0 Å². The first-order valence-electron chi connectivity index (χ1n) is 10.1. The molecule has 0 bridgehead atoms. The predicted octanol–water partition coefficient (Wildman–Crippen LogP) is 3.72. The second kappa shape index (κ2) is 10.8. The zero-order valence-corrected chi connectivity index (χ0v) is 17.5. The monoisotopic (exact) mass is 419 g/mol. The van der Waals surface area contributed by atoms with Gasteiger partial charge in [0.25, 0.3) is 0 Å². The third-order valence-electron chi connectivity index (χ3n) is 4.41. The van der Waals surface area contributed by atoms with Gasteiger partial charge in [-0.15, -0.1) is 0 Å². The zero-order chi connectivity index (χ0) is 22.1. The van der Waals surface area contributed by atoms with Crippen molar-refractivity contribution in [2.75, 3.05) is 18.5 Å². The fraction of sp³-hybridized carbons (Fsp3) is 0.208. The van der Waals surface area contributed by atoms with Crippen molar-refractivity contribution in [1.82, 2.24) is 10.3 Å². The molecule has 0 aliphatic heterocycles. The third-order valence-corrected chi connectivity index (χ3v) is 4.41. The molecule has 2 aromatic carbocycles. The Bertz CT molecular complexity index is 970. The minimum absolute atomic E-state index is 0.363. The standard InChI is InChI=1S/C24H25N3O4/c1-3-30-18-13-14-21(31-4-2)20(16-18)26-23(28)24(29)27-22(17-10-6-5-7-11-17)19-12-8-9-15-25-19/h5-16,22H,3-4H2,1-2H3,(H,26,28)(H,27,29). The Labute approximate surface area is 181 Å². The largest absolute Gasteiger partial charge is 0.494 e. The van der Waals surface area contributed by atoms with Crippen LogP contribution in [0, 0.1) is 0 Å². The number of ether oxygens (including phenoxy) is 2. The van der Waals surface area contributed by atoms with Gasteiger partial charge < -0.3 is 20.1 Å². The number of nitrogens with one attached hydrogen (secondary N) is 2. The first-order valence-corrected chi connectivity index (χ1v) is 10.1. The Kier molecular flexibility index (Phi) is 7.59. The molecule has 7 nitrogen and oxygen atoms in total. The van der Waals surface area contributed by atoms with Crippen LogP contribution in [0.4, 0.5) is 5.69 Å². The highest BCUT2D eigenvalue weighted by atomic mass is 16.5. The number of pyridine rings is 1. The highest BCUT2D eigenvalue weighted by molar-refractivity contribution is 6.39.